The normalized spacial score (nSPS) is 14.0. The summed E-state index contributed by atoms with van der Waals surface area (Å²) in [5.74, 6) is 1.57. The third-order valence-electron chi connectivity index (χ3n) is 7.05. The number of nitrogens with one attached hydrogen (secondary N) is 2. The van der Waals surface area contributed by atoms with E-state index in [1.165, 1.54) is 20.3 Å². The van der Waals surface area contributed by atoms with E-state index in [-0.39, 0.29) is 16.1 Å². The number of pyridine rings is 2. The number of aliphatic imine (C=N–C) groups is 2. The van der Waals surface area contributed by atoms with Gasteiger partial charge in [0.1, 0.15) is 23.6 Å². The van der Waals surface area contributed by atoms with Crippen molar-refractivity contribution in [2.45, 2.75) is 0 Å². The Hall–Kier alpha value is -5.01. The number of rotatable bonds is 7. The van der Waals surface area contributed by atoms with E-state index in [0.29, 0.717) is 64.6 Å². The first kappa shape index (κ1) is 27.2. The van der Waals surface area contributed by atoms with Gasteiger partial charge in [-0.3, -0.25) is 9.98 Å². The number of ether oxygens (including phenoxy) is 2. The van der Waals surface area contributed by atoms with Gasteiger partial charge in [-0.1, -0.05) is 29.8 Å². The Balaban J connectivity index is 1.45. The lowest BCUT2D eigenvalue weighted by Gasteiger charge is -2.16. The van der Waals surface area contributed by atoms with Crippen molar-refractivity contribution in [3.05, 3.63) is 82.1 Å². The lowest BCUT2D eigenvalue weighted by atomic mass is 9.92. The van der Waals surface area contributed by atoms with Crippen LogP contribution < -0.4 is 20.1 Å². The van der Waals surface area contributed by atoms with Crippen LogP contribution in [0.25, 0.3) is 33.6 Å². The molecule has 4 aromatic rings. The van der Waals surface area contributed by atoms with Crippen molar-refractivity contribution in [3.63, 3.8) is 0 Å². The predicted octanol–water partition coefficient (Wildman–Crippen LogP) is 4.86. The van der Waals surface area contributed by atoms with Crippen molar-refractivity contribution in [1.82, 2.24) is 20.6 Å². The molecule has 0 saturated heterocycles. The van der Waals surface area contributed by atoms with Crippen molar-refractivity contribution in [2.75, 3.05) is 40.4 Å². The summed E-state index contributed by atoms with van der Waals surface area (Å²) < 4.78 is 26.6. The maximum atomic E-state index is 15.5. The Kier molecular flexibility index (Phi) is 7.42. The third kappa shape index (κ3) is 4.78. The van der Waals surface area contributed by atoms with Crippen LogP contribution in [0.5, 0.6) is 11.8 Å². The Bertz CT molecular complexity index is 1820. The first-order chi connectivity index (χ1) is 20.5. The van der Waals surface area contributed by atoms with Crippen LogP contribution in [-0.4, -0.2) is 62.0 Å². The average molecular weight is 582 g/mol. The highest BCUT2D eigenvalue weighted by molar-refractivity contribution is 6.36. The highest BCUT2D eigenvalue weighted by Crippen LogP contribution is 2.41. The molecular formula is C31H25ClFN7O2. The van der Waals surface area contributed by atoms with E-state index in [9.17, 15) is 5.26 Å². The summed E-state index contributed by atoms with van der Waals surface area (Å²) in [6.45, 7) is 2.83. The van der Waals surface area contributed by atoms with Crippen molar-refractivity contribution >= 4 is 23.3 Å². The van der Waals surface area contributed by atoms with Gasteiger partial charge in [0.2, 0.25) is 11.8 Å². The maximum Gasteiger partial charge on any atom is 0.224 e. The molecule has 2 aromatic heterocycles. The molecule has 0 spiro atoms. The summed E-state index contributed by atoms with van der Waals surface area (Å²) in [6.07, 6.45) is 0. The number of nitriles is 1. The van der Waals surface area contributed by atoms with Crippen LogP contribution >= 0.6 is 11.6 Å². The van der Waals surface area contributed by atoms with Gasteiger partial charge in [-0.25, -0.2) is 14.4 Å². The van der Waals surface area contributed by atoms with E-state index in [4.69, 9.17) is 21.1 Å². The SMILES string of the molecule is COc1nc(-c2ccc(F)c(-c3cccc(-c4ccc(C5=NCCN5)c(OC)n4)c3C#N)c2Cl)ccc1C1=NCCN1. The molecule has 210 valence electrons. The van der Waals surface area contributed by atoms with Gasteiger partial charge in [0.25, 0.3) is 0 Å². The number of halogens is 2. The number of methoxy groups -OCH3 is 2. The molecule has 11 heteroatoms. The zero-order valence-corrected chi connectivity index (χ0v) is 23.6. The Morgan fingerprint density at radius 3 is 1.83 bits per heavy atom. The molecule has 0 aliphatic carbocycles. The molecule has 42 heavy (non-hydrogen) atoms. The minimum atomic E-state index is -0.572. The van der Waals surface area contributed by atoms with Crippen LogP contribution in [0, 0.1) is 17.1 Å². The second-order valence-electron chi connectivity index (χ2n) is 9.44. The van der Waals surface area contributed by atoms with Crippen molar-refractivity contribution < 1.29 is 13.9 Å². The molecule has 9 nitrogen and oxygen atoms in total. The van der Waals surface area contributed by atoms with Crippen molar-refractivity contribution in [2.24, 2.45) is 9.98 Å². The fourth-order valence-electron chi connectivity index (χ4n) is 5.10. The third-order valence-corrected chi connectivity index (χ3v) is 7.45. The number of amidine groups is 2. The van der Waals surface area contributed by atoms with Crippen molar-refractivity contribution in [1.29, 1.82) is 5.26 Å². The lowest BCUT2D eigenvalue weighted by molar-refractivity contribution is 0.397. The molecular weight excluding hydrogens is 557 g/mol. The minimum absolute atomic E-state index is 0.0901. The van der Waals surface area contributed by atoms with E-state index >= 15 is 4.39 Å². The quantitative estimate of drug-likeness (QED) is 0.320. The second-order valence-corrected chi connectivity index (χ2v) is 9.82. The van der Waals surface area contributed by atoms with Gasteiger partial charge < -0.3 is 20.1 Å². The van der Waals surface area contributed by atoms with Gasteiger partial charge in [0.15, 0.2) is 0 Å². The number of hydrogen-bond donors (Lipinski definition) is 2. The Morgan fingerprint density at radius 1 is 0.762 bits per heavy atom. The fourth-order valence-corrected chi connectivity index (χ4v) is 5.45. The molecule has 4 heterocycles. The first-order valence-electron chi connectivity index (χ1n) is 13.2. The van der Waals surface area contributed by atoms with Gasteiger partial charge >= 0.3 is 0 Å². The summed E-state index contributed by atoms with van der Waals surface area (Å²) in [6, 6.07) is 17.5. The van der Waals surface area contributed by atoms with Crippen LogP contribution in [0.15, 0.2) is 64.6 Å². The highest BCUT2D eigenvalue weighted by Gasteiger charge is 2.23. The number of aromatic nitrogens is 2. The standard InChI is InChI=1S/C31H25ClFN7O2/c1-41-30-20(28-35-12-13-36-28)7-10-24(39-30)17-4-3-5-18(22(17)16-34)26-23(33)9-6-19(27(26)32)25-11-8-21(31(40-25)42-2)29-37-14-15-38-29/h3-11H,12-15H2,1-2H3,(H,35,36)(H,37,38). The first-order valence-corrected chi connectivity index (χ1v) is 13.6. The van der Waals surface area contributed by atoms with Crippen LogP contribution in [0.3, 0.4) is 0 Å². The van der Waals surface area contributed by atoms with Gasteiger partial charge in [-0.2, -0.15) is 5.26 Å². The largest absolute Gasteiger partial charge is 0.480 e. The summed E-state index contributed by atoms with van der Waals surface area (Å²) in [4.78, 5) is 18.2. The van der Waals surface area contributed by atoms with E-state index in [1.807, 2.05) is 12.1 Å². The smallest absolute Gasteiger partial charge is 0.224 e. The molecule has 0 saturated carbocycles. The molecule has 2 aromatic carbocycles. The summed E-state index contributed by atoms with van der Waals surface area (Å²) in [5, 5.41) is 16.8. The molecule has 0 bridgehead atoms. The van der Waals surface area contributed by atoms with Gasteiger partial charge in [0, 0.05) is 35.3 Å². The molecule has 2 aliphatic rings. The van der Waals surface area contributed by atoms with Crippen LogP contribution in [0.2, 0.25) is 5.02 Å². The van der Waals surface area contributed by atoms with Crippen LogP contribution in [-0.2, 0) is 0 Å². The fraction of sp³-hybridized carbons (Fsp3) is 0.194. The second kappa shape index (κ2) is 11.5. The van der Waals surface area contributed by atoms with E-state index in [2.05, 4.69) is 36.7 Å². The highest BCUT2D eigenvalue weighted by atomic mass is 35.5. The zero-order chi connectivity index (χ0) is 29.2. The number of benzene rings is 2. The maximum absolute atomic E-state index is 15.5. The molecule has 0 atom stereocenters. The number of nitrogens with zero attached hydrogens (tertiary/aromatic N) is 5. The van der Waals surface area contributed by atoms with E-state index in [1.54, 1.807) is 36.4 Å². The Morgan fingerprint density at radius 2 is 1.31 bits per heavy atom. The molecule has 0 unspecified atom stereocenters. The van der Waals surface area contributed by atoms with E-state index < -0.39 is 5.82 Å². The van der Waals surface area contributed by atoms with Crippen LogP contribution in [0.4, 0.5) is 4.39 Å². The molecule has 0 amide bonds. The summed E-state index contributed by atoms with van der Waals surface area (Å²) in [7, 11) is 3.06. The summed E-state index contributed by atoms with van der Waals surface area (Å²) in [5.41, 5.74) is 4.07. The number of hydrogen-bond acceptors (Lipinski definition) is 9. The van der Waals surface area contributed by atoms with Gasteiger partial charge in [0.05, 0.1) is 60.4 Å². The molecule has 6 rings (SSSR count). The monoisotopic (exact) mass is 581 g/mol. The zero-order valence-electron chi connectivity index (χ0n) is 22.8. The Labute approximate surface area is 246 Å². The predicted molar refractivity (Wildman–Crippen MR) is 160 cm³/mol. The van der Waals surface area contributed by atoms with Gasteiger partial charge in [-0.15, -0.1) is 0 Å². The summed E-state index contributed by atoms with van der Waals surface area (Å²) >= 11 is 6.89. The van der Waals surface area contributed by atoms with Crippen molar-refractivity contribution in [3.8, 4) is 51.5 Å². The molecule has 0 radical (unpaired) electrons. The molecule has 2 N–H and O–H groups in total. The average Bonchev–Trinajstić information content (AvgIpc) is 3.76. The molecule has 2 aliphatic heterocycles. The molecule has 0 fully saturated rings. The van der Waals surface area contributed by atoms with Crippen LogP contribution in [0.1, 0.15) is 16.7 Å². The topological polar surface area (TPSA) is 117 Å². The van der Waals surface area contributed by atoms with E-state index in [0.717, 1.165) is 24.2 Å². The van der Waals surface area contributed by atoms with Gasteiger partial charge in [-0.05, 0) is 36.4 Å². The minimum Gasteiger partial charge on any atom is -0.480 e. The lowest BCUT2D eigenvalue weighted by Crippen LogP contribution is -2.20.